The highest BCUT2D eigenvalue weighted by molar-refractivity contribution is 7.95. The SMILES string of the molecule is C[C@@H]1C(SONOO)[C@H](OCN)OC(COS(=O)(=O)O)[C@H]1O[C@@H]1OC(OC=O)CC(OCc2ccccc2)[C@@H]1OS(=O)(=O)O. The van der Waals surface area contributed by atoms with Crippen molar-refractivity contribution < 1.29 is 82.1 Å². The first-order valence-corrected chi connectivity index (χ1v) is 16.1. The van der Waals surface area contributed by atoms with Crippen LogP contribution < -0.4 is 11.4 Å². The van der Waals surface area contributed by atoms with Crippen molar-refractivity contribution in [3.05, 3.63) is 35.9 Å². The van der Waals surface area contributed by atoms with Crippen molar-refractivity contribution in [2.45, 2.75) is 68.5 Å². The monoisotopic (exact) mass is 696 g/mol. The fourth-order valence-electron chi connectivity index (χ4n) is 4.44. The number of carbonyl (C=O) groups is 1. The molecule has 0 spiro atoms. The van der Waals surface area contributed by atoms with E-state index in [1.807, 2.05) is 0 Å². The van der Waals surface area contributed by atoms with Gasteiger partial charge in [-0.2, -0.15) is 16.8 Å². The Hall–Kier alpha value is -1.62. The summed E-state index contributed by atoms with van der Waals surface area (Å²) in [6.45, 7) is 0.319. The molecule has 0 bridgehead atoms. The van der Waals surface area contributed by atoms with E-state index in [0.717, 1.165) is 0 Å². The molecule has 2 aliphatic rings. The second-order valence-electron chi connectivity index (χ2n) is 9.09. The fourth-order valence-corrected chi connectivity index (χ4v) is 5.98. The Kier molecular flexibility index (Phi) is 14.5. The molecule has 4 unspecified atom stereocenters. The molecule has 6 N–H and O–H groups in total. The molecule has 2 heterocycles. The smallest absolute Gasteiger partial charge is 0.397 e. The third-order valence-corrected chi connectivity index (χ3v) is 8.17. The maximum absolute atomic E-state index is 11.9. The van der Waals surface area contributed by atoms with Gasteiger partial charge >= 0.3 is 20.8 Å². The minimum absolute atomic E-state index is 0.0702. The minimum Gasteiger partial charge on any atom is -0.438 e. The summed E-state index contributed by atoms with van der Waals surface area (Å²) in [5.74, 6) is -0.827. The molecule has 0 saturated carbocycles. The summed E-state index contributed by atoms with van der Waals surface area (Å²) in [6, 6.07) is 8.69. The molecular formula is C21H32N2O18S3. The Labute approximate surface area is 256 Å². The van der Waals surface area contributed by atoms with Gasteiger partial charge in [0.25, 0.3) is 6.47 Å². The molecule has 0 amide bonds. The van der Waals surface area contributed by atoms with Crippen molar-refractivity contribution in [3.8, 4) is 0 Å². The van der Waals surface area contributed by atoms with Crippen LogP contribution >= 0.6 is 12.0 Å². The second kappa shape index (κ2) is 17.3. The number of benzene rings is 1. The van der Waals surface area contributed by atoms with Crippen molar-refractivity contribution in [1.29, 1.82) is 0 Å². The zero-order valence-corrected chi connectivity index (χ0v) is 25.2. The van der Waals surface area contributed by atoms with Crippen LogP contribution in [0.1, 0.15) is 18.9 Å². The van der Waals surface area contributed by atoms with Crippen molar-refractivity contribution in [1.82, 2.24) is 5.64 Å². The van der Waals surface area contributed by atoms with E-state index in [2.05, 4.69) is 9.17 Å². The predicted octanol–water partition coefficient (Wildman–Crippen LogP) is -0.554. The van der Waals surface area contributed by atoms with Gasteiger partial charge in [0.1, 0.15) is 6.10 Å². The molecule has 2 aliphatic heterocycles. The number of hydrogen-bond acceptors (Lipinski definition) is 19. The molecule has 252 valence electrons. The van der Waals surface area contributed by atoms with Gasteiger partial charge in [0, 0.05) is 24.4 Å². The maximum atomic E-state index is 11.9. The molecule has 20 nitrogen and oxygen atoms in total. The highest BCUT2D eigenvalue weighted by Gasteiger charge is 2.51. The summed E-state index contributed by atoms with van der Waals surface area (Å²) < 4.78 is 113. The Morgan fingerprint density at radius 2 is 1.80 bits per heavy atom. The van der Waals surface area contributed by atoms with Gasteiger partial charge in [0.15, 0.2) is 18.7 Å². The summed E-state index contributed by atoms with van der Waals surface area (Å²) in [7, 11) is -10.1. The molecule has 2 saturated heterocycles. The molecule has 9 atom stereocenters. The quantitative estimate of drug-likeness (QED) is 0.0245. The van der Waals surface area contributed by atoms with Crippen LogP contribution in [0, 0.1) is 5.92 Å². The summed E-state index contributed by atoms with van der Waals surface area (Å²) >= 11 is 0.602. The minimum atomic E-state index is -5.16. The average Bonchev–Trinajstić information content (AvgIpc) is 2.95. The third kappa shape index (κ3) is 11.6. The van der Waals surface area contributed by atoms with E-state index in [-0.39, 0.29) is 26.2 Å². The summed E-state index contributed by atoms with van der Waals surface area (Å²) in [6.07, 6.45) is -10.3. The Balaban J connectivity index is 1.95. The molecule has 0 radical (unpaired) electrons. The van der Waals surface area contributed by atoms with Crippen LogP contribution in [-0.2, 0) is 78.3 Å². The normalized spacial score (nSPS) is 31.4. The molecule has 1 aromatic rings. The van der Waals surface area contributed by atoms with E-state index in [1.165, 1.54) is 0 Å². The molecular weight excluding hydrogens is 664 g/mol. The first-order chi connectivity index (χ1) is 20.8. The highest BCUT2D eigenvalue weighted by Crippen LogP contribution is 2.39. The number of nitrogens with one attached hydrogen (secondary N) is 1. The molecule has 3 rings (SSSR count). The first-order valence-electron chi connectivity index (χ1n) is 12.5. The summed E-state index contributed by atoms with van der Waals surface area (Å²) in [5.41, 5.74) is 7.89. The Bertz CT molecular complexity index is 1230. The lowest BCUT2D eigenvalue weighted by Gasteiger charge is -2.47. The van der Waals surface area contributed by atoms with Gasteiger partial charge in [0.2, 0.25) is 6.29 Å². The van der Waals surface area contributed by atoms with Crippen molar-refractivity contribution in [2.24, 2.45) is 11.7 Å². The van der Waals surface area contributed by atoms with Gasteiger partial charge in [-0.25, -0.2) is 17.9 Å². The standard InChI is InChI=1S/C21H32N2O18S3/c1-12-17(15(9-35-43(26,27)28)36-21(33-10-22)19(12)42-41-23-40-25)38-20-18(39-44(29,30)31)14(7-16(37-20)34-11-24)32-8-13-5-3-2-4-6-13/h2-6,11-12,14-21,23,25H,7-10,22H2,1H3,(H,26,27,28)(H,29,30,31)/t12-,14?,15?,16?,17-,18-,19?,20-,21+/m0/s1. The van der Waals surface area contributed by atoms with Crippen LogP contribution in [-0.4, -0.2) is 99.5 Å². The van der Waals surface area contributed by atoms with Gasteiger partial charge in [-0.1, -0.05) is 37.3 Å². The lowest BCUT2D eigenvalue weighted by Crippen LogP contribution is -2.60. The van der Waals surface area contributed by atoms with E-state index in [4.69, 9.17) is 52.4 Å². The average molecular weight is 697 g/mol. The van der Waals surface area contributed by atoms with E-state index < -0.39 is 81.9 Å². The number of nitrogens with two attached hydrogens (primary N) is 1. The second-order valence-corrected chi connectivity index (χ2v) is 12.1. The predicted molar refractivity (Wildman–Crippen MR) is 142 cm³/mol. The maximum Gasteiger partial charge on any atom is 0.397 e. The van der Waals surface area contributed by atoms with Crippen molar-refractivity contribution in [3.63, 3.8) is 0 Å². The zero-order valence-electron chi connectivity index (χ0n) is 22.8. The van der Waals surface area contributed by atoms with E-state index in [1.54, 1.807) is 42.9 Å². The number of carbonyl (C=O) groups excluding carboxylic acids is 1. The zero-order chi connectivity index (χ0) is 32.3. The van der Waals surface area contributed by atoms with Crippen LogP contribution in [0.2, 0.25) is 0 Å². The van der Waals surface area contributed by atoms with Crippen LogP contribution in [0.5, 0.6) is 0 Å². The topological polar surface area (TPSA) is 276 Å². The van der Waals surface area contributed by atoms with E-state index in [9.17, 15) is 26.2 Å². The molecule has 23 heteroatoms. The molecule has 2 fully saturated rings. The fraction of sp³-hybridized carbons (Fsp3) is 0.667. The van der Waals surface area contributed by atoms with Crippen molar-refractivity contribution in [2.75, 3.05) is 13.3 Å². The number of rotatable bonds is 18. The van der Waals surface area contributed by atoms with Crippen LogP contribution in [0.15, 0.2) is 30.3 Å². The van der Waals surface area contributed by atoms with Gasteiger partial charge in [-0.05, 0) is 11.2 Å². The molecule has 0 aliphatic carbocycles. The summed E-state index contributed by atoms with van der Waals surface area (Å²) in [4.78, 5) is 14.8. The third-order valence-electron chi connectivity index (χ3n) is 6.24. The molecule has 44 heavy (non-hydrogen) atoms. The number of ether oxygens (including phenoxy) is 6. The van der Waals surface area contributed by atoms with Gasteiger partial charge in [0.05, 0.1) is 37.4 Å². The lowest BCUT2D eigenvalue weighted by atomic mass is 9.92. The highest BCUT2D eigenvalue weighted by atomic mass is 32.3. The summed E-state index contributed by atoms with van der Waals surface area (Å²) in [5, 5.41) is 7.62. The van der Waals surface area contributed by atoms with Gasteiger partial charge in [-0.15, -0.1) is 4.99 Å². The molecule has 0 aromatic heterocycles. The molecule has 1 aromatic carbocycles. The Morgan fingerprint density at radius 3 is 2.41 bits per heavy atom. The van der Waals surface area contributed by atoms with E-state index in [0.29, 0.717) is 17.6 Å². The van der Waals surface area contributed by atoms with Crippen LogP contribution in [0.4, 0.5) is 0 Å². The van der Waals surface area contributed by atoms with Crippen LogP contribution in [0.3, 0.4) is 0 Å². The van der Waals surface area contributed by atoms with Gasteiger partial charge in [-0.3, -0.25) is 13.9 Å². The Morgan fingerprint density at radius 1 is 1.07 bits per heavy atom. The van der Waals surface area contributed by atoms with Crippen LogP contribution in [0.25, 0.3) is 0 Å². The van der Waals surface area contributed by atoms with Crippen molar-refractivity contribution >= 4 is 39.3 Å². The largest absolute Gasteiger partial charge is 0.438 e. The van der Waals surface area contributed by atoms with E-state index >= 15 is 0 Å². The first kappa shape index (κ1) is 36.8. The van der Waals surface area contributed by atoms with Gasteiger partial charge < -0.3 is 34.2 Å². The lowest BCUT2D eigenvalue weighted by molar-refractivity contribution is -0.347. The number of hydrogen-bond donors (Lipinski definition) is 5.